The summed E-state index contributed by atoms with van der Waals surface area (Å²) in [6.07, 6.45) is 1.73. The average Bonchev–Trinajstić information content (AvgIpc) is 1.69. The smallest absolute Gasteiger partial charge is 0.0992 e. The summed E-state index contributed by atoms with van der Waals surface area (Å²) in [5, 5.41) is 6.96. The van der Waals surface area contributed by atoms with Gasteiger partial charge >= 0.3 is 0 Å². The maximum absolute atomic E-state index is 6.96. The third-order valence-electron chi connectivity index (χ3n) is 0.607. The molecule has 2 nitrogen and oxygen atoms in total. The zero-order chi connectivity index (χ0) is 5.11. The van der Waals surface area contributed by atoms with Crippen LogP contribution < -0.4 is 0 Å². The highest BCUT2D eigenvalue weighted by molar-refractivity contribution is 7.96. The molecule has 0 bridgehead atoms. The summed E-state index contributed by atoms with van der Waals surface area (Å²) in [4.78, 5) is 0. The fourth-order valence-electron chi connectivity index (χ4n) is 0.295. The predicted molar refractivity (Wildman–Crippen MR) is 29.9 cm³/mol. The Morgan fingerprint density at radius 3 is 3.00 bits per heavy atom. The van der Waals surface area contributed by atoms with Gasteiger partial charge in [-0.1, -0.05) is 0 Å². The van der Waals surface area contributed by atoms with Crippen LogP contribution in [0.3, 0.4) is 0 Å². The van der Waals surface area contributed by atoms with Gasteiger partial charge in [0.1, 0.15) is 0 Å². The van der Waals surface area contributed by atoms with E-state index in [-0.39, 0.29) is 0 Å². The van der Waals surface area contributed by atoms with Gasteiger partial charge in [0, 0.05) is 12.1 Å². The molecule has 1 aliphatic heterocycles. The fourth-order valence-corrected chi connectivity index (χ4v) is 0.788. The first-order valence-electron chi connectivity index (χ1n) is 1.92. The third-order valence-corrected chi connectivity index (χ3v) is 1.11. The molecule has 1 heterocycles. The highest BCUT2D eigenvalue weighted by Gasteiger charge is 2.04. The van der Waals surface area contributed by atoms with Crippen LogP contribution in [-0.4, -0.2) is 12.3 Å². The topological polar surface area (TPSA) is 33.1 Å². The van der Waals surface area contributed by atoms with Crippen LogP contribution in [0.1, 0.15) is 0 Å². The largest absolute Gasteiger partial charge is 0.309 e. The van der Waals surface area contributed by atoms with Gasteiger partial charge in [0.05, 0.1) is 12.4 Å². The SMILES string of the molecule is N=C1[CH][CH]SOC1. The number of hydrogen-bond donors (Lipinski definition) is 1. The molecular formula is C4H5NOS. The van der Waals surface area contributed by atoms with Gasteiger partial charge in [-0.15, -0.1) is 0 Å². The van der Waals surface area contributed by atoms with Crippen LogP contribution in [0.2, 0.25) is 0 Å². The summed E-state index contributed by atoms with van der Waals surface area (Å²) in [6.45, 7) is 0.446. The van der Waals surface area contributed by atoms with Crippen LogP contribution in [0.5, 0.6) is 0 Å². The van der Waals surface area contributed by atoms with Crippen LogP contribution in [0.15, 0.2) is 0 Å². The van der Waals surface area contributed by atoms with Gasteiger partial charge in [-0.3, -0.25) is 0 Å². The molecule has 0 aromatic carbocycles. The Morgan fingerprint density at radius 2 is 2.71 bits per heavy atom. The molecule has 1 fully saturated rings. The monoisotopic (exact) mass is 115 g/mol. The molecule has 0 atom stereocenters. The van der Waals surface area contributed by atoms with E-state index in [4.69, 9.17) is 9.59 Å². The molecule has 3 heteroatoms. The predicted octanol–water partition coefficient (Wildman–Crippen LogP) is 1.05. The van der Waals surface area contributed by atoms with Gasteiger partial charge in [-0.05, 0) is 12.0 Å². The first kappa shape index (κ1) is 5.12. The molecule has 0 spiro atoms. The van der Waals surface area contributed by atoms with Crippen molar-refractivity contribution in [3.63, 3.8) is 0 Å². The Morgan fingerprint density at radius 1 is 1.86 bits per heavy atom. The van der Waals surface area contributed by atoms with E-state index in [2.05, 4.69) is 0 Å². The third kappa shape index (κ3) is 1.49. The highest BCUT2D eigenvalue weighted by atomic mass is 32.2. The van der Waals surface area contributed by atoms with E-state index in [0.717, 1.165) is 0 Å². The molecule has 0 aromatic rings. The number of rotatable bonds is 0. The first-order valence-corrected chi connectivity index (χ1v) is 2.72. The zero-order valence-corrected chi connectivity index (χ0v) is 4.49. The van der Waals surface area contributed by atoms with Gasteiger partial charge in [0.2, 0.25) is 0 Å². The van der Waals surface area contributed by atoms with Gasteiger partial charge in [0.15, 0.2) is 0 Å². The molecular weight excluding hydrogens is 110 g/mol. The molecule has 0 saturated carbocycles. The molecule has 2 radical (unpaired) electrons. The normalized spacial score (nSPS) is 22.6. The molecule has 0 amide bonds. The van der Waals surface area contributed by atoms with Gasteiger partial charge in [-0.2, -0.15) is 0 Å². The van der Waals surface area contributed by atoms with Crippen LogP contribution in [0, 0.1) is 17.6 Å². The van der Waals surface area contributed by atoms with Crippen LogP contribution >= 0.6 is 12.0 Å². The van der Waals surface area contributed by atoms with Crippen LogP contribution in [0.25, 0.3) is 0 Å². The van der Waals surface area contributed by atoms with Crippen molar-refractivity contribution < 1.29 is 4.18 Å². The van der Waals surface area contributed by atoms with E-state index < -0.39 is 0 Å². The minimum atomic E-state index is 0.446. The molecule has 38 valence electrons. The summed E-state index contributed by atoms with van der Waals surface area (Å²) < 4.78 is 4.79. The van der Waals surface area contributed by atoms with Gasteiger partial charge in [-0.25, -0.2) is 0 Å². The Balaban J connectivity index is 2.25. The summed E-state index contributed by atoms with van der Waals surface area (Å²) >= 11 is 1.28. The molecule has 0 aliphatic carbocycles. The fraction of sp³-hybridized carbons (Fsp3) is 0.250. The maximum Gasteiger partial charge on any atom is 0.0992 e. The second-order valence-corrected chi connectivity index (χ2v) is 1.89. The van der Waals surface area contributed by atoms with Crippen molar-refractivity contribution in [2.45, 2.75) is 0 Å². The van der Waals surface area contributed by atoms with Crippen molar-refractivity contribution >= 4 is 17.8 Å². The van der Waals surface area contributed by atoms with Crippen molar-refractivity contribution in [2.75, 3.05) is 6.61 Å². The van der Waals surface area contributed by atoms with E-state index in [1.165, 1.54) is 12.0 Å². The van der Waals surface area contributed by atoms with E-state index in [1.807, 2.05) is 0 Å². The van der Waals surface area contributed by atoms with Crippen molar-refractivity contribution in [3.8, 4) is 0 Å². The van der Waals surface area contributed by atoms with Crippen LogP contribution in [-0.2, 0) is 4.18 Å². The average molecular weight is 115 g/mol. The lowest BCUT2D eigenvalue weighted by atomic mass is 10.3. The highest BCUT2D eigenvalue weighted by Crippen LogP contribution is 2.14. The molecule has 0 unspecified atom stereocenters. The Hall–Kier alpha value is -0.0200. The number of hydrogen-bond acceptors (Lipinski definition) is 3. The first-order chi connectivity index (χ1) is 3.39. The summed E-state index contributed by atoms with van der Waals surface area (Å²) in [7, 11) is 0. The lowest BCUT2D eigenvalue weighted by Gasteiger charge is -2.07. The lowest BCUT2D eigenvalue weighted by molar-refractivity contribution is 0.442. The molecule has 1 saturated heterocycles. The maximum atomic E-state index is 6.96. The second-order valence-electron chi connectivity index (χ2n) is 1.19. The lowest BCUT2D eigenvalue weighted by Crippen LogP contribution is -2.08. The Kier molecular flexibility index (Phi) is 1.70. The van der Waals surface area contributed by atoms with E-state index in [9.17, 15) is 0 Å². The van der Waals surface area contributed by atoms with E-state index in [1.54, 1.807) is 12.2 Å². The van der Waals surface area contributed by atoms with Crippen molar-refractivity contribution in [3.05, 3.63) is 12.2 Å². The number of nitrogens with one attached hydrogen (secondary N) is 1. The summed E-state index contributed by atoms with van der Waals surface area (Å²) in [5.41, 5.74) is 0.541. The van der Waals surface area contributed by atoms with E-state index >= 15 is 0 Å². The molecule has 1 aliphatic rings. The molecule has 1 N–H and O–H groups in total. The Bertz CT molecular complexity index is 75.8. The van der Waals surface area contributed by atoms with E-state index in [0.29, 0.717) is 12.3 Å². The molecule has 1 rings (SSSR count). The van der Waals surface area contributed by atoms with Gasteiger partial charge < -0.3 is 9.59 Å². The minimum absolute atomic E-state index is 0.446. The second kappa shape index (κ2) is 2.33. The minimum Gasteiger partial charge on any atom is -0.309 e. The van der Waals surface area contributed by atoms with Gasteiger partial charge in [0.25, 0.3) is 0 Å². The standard InChI is InChI=1S/C4H5NOS/c5-4-1-2-7-6-3-4/h1-2,5H,3H2. The zero-order valence-electron chi connectivity index (χ0n) is 3.68. The quantitative estimate of drug-likeness (QED) is 0.479. The van der Waals surface area contributed by atoms with Crippen molar-refractivity contribution in [1.82, 2.24) is 0 Å². The molecule has 0 aromatic heterocycles. The van der Waals surface area contributed by atoms with Crippen LogP contribution in [0.4, 0.5) is 0 Å². The summed E-state index contributed by atoms with van der Waals surface area (Å²) in [5.74, 6) is 1.76. The molecule has 7 heavy (non-hydrogen) atoms. The van der Waals surface area contributed by atoms with Crippen molar-refractivity contribution in [1.29, 1.82) is 5.41 Å². The Labute approximate surface area is 47.0 Å². The summed E-state index contributed by atoms with van der Waals surface area (Å²) in [6, 6.07) is 0. The van der Waals surface area contributed by atoms with Crippen molar-refractivity contribution in [2.24, 2.45) is 0 Å².